The van der Waals surface area contributed by atoms with Gasteiger partial charge in [0, 0.05) is 16.5 Å². The van der Waals surface area contributed by atoms with Gasteiger partial charge in [0.2, 0.25) is 0 Å². The summed E-state index contributed by atoms with van der Waals surface area (Å²) < 4.78 is 2.29. The highest BCUT2D eigenvalue weighted by atomic mass is 15.0. The van der Waals surface area contributed by atoms with Crippen molar-refractivity contribution in [1.29, 1.82) is 5.26 Å². The van der Waals surface area contributed by atoms with Crippen LogP contribution in [0.25, 0.3) is 82.4 Å². The first kappa shape index (κ1) is 26.9. The highest BCUT2D eigenvalue weighted by Crippen LogP contribution is 2.46. The summed E-state index contributed by atoms with van der Waals surface area (Å²) in [5.74, 6) is 0. The molecule has 0 saturated carbocycles. The fraction of sp³-hybridized carbons (Fsp3) is 0. The Kier molecular flexibility index (Phi) is 6.23. The van der Waals surface area contributed by atoms with Crippen molar-refractivity contribution < 1.29 is 0 Å². The first-order valence-electron chi connectivity index (χ1n) is 15.9. The molecule has 0 spiro atoms. The molecule has 1 heterocycles. The van der Waals surface area contributed by atoms with Gasteiger partial charge in [-0.05, 0) is 85.3 Å². The Morgan fingerprint density at radius 3 is 1.43 bits per heavy atom. The normalized spacial score (nSPS) is 11.4. The van der Waals surface area contributed by atoms with E-state index in [1.165, 1.54) is 49.0 Å². The van der Waals surface area contributed by atoms with E-state index in [-0.39, 0.29) is 0 Å². The van der Waals surface area contributed by atoms with Crippen molar-refractivity contribution in [3.05, 3.63) is 175 Å². The fourth-order valence-corrected chi connectivity index (χ4v) is 7.45. The van der Waals surface area contributed by atoms with Gasteiger partial charge in [0.1, 0.15) is 0 Å². The lowest BCUT2D eigenvalue weighted by Gasteiger charge is -2.20. The van der Waals surface area contributed by atoms with Crippen LogP contribution in [0.15, 0.2) is 170 Å². The van der Waals surface area contributed by atoms with E-state index in [4.69, 9.17) is 0 Å². The van der Waals surface area contributed by atoms with E-state index in [0.29, 0.717) is 5.56 Å². The van der Waals surface area contributed by atoms with Crippen LogP contribution in [-0.4, -0.2) is 4.57 Å². The molecule has 0 radical (unpaired) electrons. The number of hydrogen-bond donors (Lipinski definition) is 0. The highest BCUT2D eigenvalue weighted by Gasteiger charge is 2.20. The number of rotatable bonds is 4. The maximum absolute atomic E-state index is 10.3. The van der Waals surface area contributed by atoms with Crippen LogP contribution in [0.2, 0.25) is 0 Å². The van der Waals surface area contributed by atoms with Gasteiger partial charge in [0.15, 0.2) is 0 Å². The molecule has 0 aliphatic carbocycles. The van der Waals surface area contributed by atoms with E-state index in [1.807, 2.05) is 12.1 Å². The van der Waals surface area contributed by atoms with E-state index >= 15 is 0 Å². The van der Waals surface area contributed by atoms with Crippen LogP contribution in [0.4, 0.5) is 0 Å². The molecule has 9 rings (SSSR count). The molecular formula is C45H28N2. The predicted octanol–water partition coefficient (Wildman–Crippen LogP) is 12.0. The Balaban J connectivity index is 1.34. The zero-order valence-electron chi connectivity index (χ0n) is 25.6. The van der Waals surface area contributed by atoms with Crippen molar-refractivity contribution in [3.63, 3.8) is 0 Å². The fourth-order valence-electron chi connectivity index (χ4n) is 7.45. The van der Waals surface area contributed by atoms with Gasteiger partial charge in [-0.1, -0.05) is 140 Å². The number of nitriles is 1. The van der Waals surface area contributed by atoms with Gasteiger partial charge in [-0.25, -0.2) is 0 Å². The summed E-state index contributed by atoms with van der Waals surface area (Å²) in [6, 6.07) is 62.6. The minimum absolute atomic E-state index is 0.628. The second kappa shape index (κ2) is 10.9. The Morgan fingerprint density at radius 1 is 0.383 bits per heavy atom. The molecular weight excluding hydrogens is 569 g/mol. The van der Waals surface area contributed by atoms with Crippen molar-refractivity contribution >= 4 is 43.4 Å². The molecule has 47 heavy (non-hydrogen) atoms. The van der Waals surface area contributed by atoms with Crippen molar-refractivity contribution in [2.45, 2.75) is 0 Å². The molecule has 2 nitrogen and oxygen atoms in total. The molecule has 0 atom stereocenters. The molecule has 0 fully saturated rings. The summed E-state index contributed by atoms with van der Waals surface area (Å²) in [4.78, 5) is 0. The topological polar surface area (TPSA) is 28.7 Å². The first-order chi connectivity index (χ1) is 23.3. The SMILES string of the molecule is N#Cc1cc(-c2ccccc2-c2c3ccccc3c(-c3ccccc3)c3ccccc23)cc(-n2c3ccccc3c3ccccc32)c1. The lowest BCUT2D eigenvalue weighted by molar-refractivity contribution is 1.18. The molecule has 0 saturated heterocycles. The number of hydrogen-bond acceptors (Lipinski definition) is 1. The molecule has 1 aromatic heterocycles. The van der Waals surface area contributed by atoms with Crippen molar-refractivity contribution in [3.8, 4) is 45.1 Å². The van der Waals surface area contributed by atoms with Crippen molar-refractivity contribution in [1.82, 2.24) is 4.57 Å². The van der Waals surface area contributed by atoms with Crippen molar-refractivity contribution in [2.75, 3.05) is 0 Å². The zero-order valence-corrected chi connectivity index (χ0v) is 25.6. The third-order valence-electron chi connectivity index (χ3n) is 9.39. The maximum Gasteiger partial charge on any atom is 0.0992 e. The molecule has 0 N–H and O–H groups in total. The predicted molar refractivity (Wildman–Crippen MR) is 197 cm³/mol. The molecule has 0 amide bonds. The quantitative estimate of drug-likeness (QED) is 0.186. The van der Waals surface area contributed by atoms with Crippen LogP contribution >= 0.6 is 0 Å². The monoisotopic (exact) mass is 596 g/mol. The molecule has 8 aromatic carbocycles. The van der Waals surface area contributed by atoms with Crippen LogP contribution in [0.3, 0.4) is 0 Å². The number of fused-ring (bicyclic) bond motifs is 5. The summed E-state index contributed by atoms with van der Waals surface area (Å²) in [6.45, 7) is 0. The number of nitrogens with zero attached hydrogens (tertiary/aromatic N) is 2. The minimum Gasteiger partial charge on any atom is -0.309 e. The number of benzene rings is 8. The minimum atomic E-state index is 0.628. The average Bonchev–Trinajstić information content (AvgIpc) is 3.48. The van der Waals surface area contributed by atoms with Gasteiger partial charge in [-0.2, -0.15) is 5.26 Å². The van der Waals surface area contributed by atoms with Gasteiger partial charge in [0.05, 0.1) is 22.7 Å². The van der Waals surface area contributed by atoms with Gasteiger partial charge >= 0.3 is 0 Å². The van der Waals surface area contributed by atoms with E-state index in [9.17, 15) is 5.26 Å². The Morgan fingerprint density at radius 2 is 0.851 bits per heavy atom. The lowest BCUT2D eigenvalue weighted by Crippen LogP contribution is -1.97. The number of para-hydroxylation sites is 2. The molecule has 0 unspecified atom stereocenters. The van der Waals surface area contributed by atoms with Crippen molar-refractivity contribution in [2.24, 2.45) is 0 Å². The zero-order chi connectivity index (χ0) is 31.3. The largest absolute Gasteiger partial charge is 0.309 e. The summed E-state index contributed by atoms with van der Waals surface area (Å²) in [5, 5.41) is 17.6. The smallest absolute Gasteiger partial charge is 0.0992 e. The van der Waals surface area contributed by atoms with Crippen LogP contribution in [0.5, 0.6) is 0 Å². The second-order valence-electron chi connectivity index (χ2n) is 12.0. The van der Waals surface area contributed by atoms with Crippen LogP contribution in [0.1, 0.15) is 5.56 Å². The molecule has 9 aromatic rings. The summed E-state index contributed by atoms with van der Waals surface area (Å²) >= 11 is 0. The van der Waals surface area contributed by atoms with E-state index < -0.39 is 0 Å². The molecule has 2 heteroatoms. The Bertz CT molecular complexity index is 2580. The van der Waals surface area contributed by atoms with Crippen LogP contribution in [0, 0.1) is 11.3 Å². The maximum atomic E-state index is 10.3. The molecule has 218 valence electrons. The molecule has 0 bridgehead atoms. The third kappa shape index (κ3) is 4.26. The van der Waals surface area contributed by atoms with Crippen LogP contribution < -0.4 is 0 Å². The lowest BCUT2D eigenvalue weighted by atomic mass is 9.83. The Labute approximate surface area is 273 Å². The number of aromatic nitrogens is 1. The van der Waals surface area contributed by atoms with Crippen LogP contribution in [-0.2, 0) is 0 Å². The standard InChI is InChI=1S/C45H28N2/c46-29-30-26-32(28-33(27-30)47-42-24-12-10-17-35(42)36-18-11-13-25-43(36)47)34-16-4-5-19-37(34)45-40-22-8-6-20-38(40)44(31-14-2-1-3-15-31)39-21-7-9-23-41(39)45/h1-28H. The van der Waals surface area contributed by atoms with Gasteiger partial charge in [-0.15, -0.1) is 0 Å². The summed E-state index contributed by atoms with van der Waals surface area (Å²) in [7, 11) is 0. The van der Waals surface area contributed by atoms with Gasteiger partial charge in [-0.3, -0.25) is 0 Å². The second-order valence-corrected chi connectivity index (χ2v) is 12.0. The molecule has 0 aliphatic rings. The molecule has 0 aliphatic heterocycles. The van der Waals surface area contributed by atoms with E-state index in [2.05, 4.69) is 168 Å². The summed E-state index contributed by atoms with van der Waals surface area (Å²) in [5.41, 5.74) is 10.7. The van der Waals surface area contributed by atoms with E-state index in [1.54, 1.807) is 0 Å². The first-order valence-corrected chi connectivity index (χ1v) is 15.9. The highest BCUT2D eigenvalue weighted by molar-refractivity contribution is 6.22. The van der Waals surface area contributed by atoms with E-state index in [0.717, 1.165) is 33.4 Å². The third-order valence-corrected chi connectivity index (χ3v) is 9.39. The van der Waals surface area contributed by atoms with Gasteiger partial charge < -0.3 is 4.57 Å². The summed E-state index contributed by atoms with van der Waals surface area (Å²) in [6.07, 6.45) is 0. The van der Waals surface area contributed by atoms with Gasteiger partial charge in [0.25, 0.3) is 0 Å². The Hall–Kier alpha value is -6.43. The average molecular weight is 597 g/mol.